The van der Waals surface area contributed by atoms with Crippen LogP contribution in [0.1, 0.15) is 19.8 Å². The smallest absolute Gasteiger partial charge is 0.236 e. The maximum atomic E-state index is 11.8. The molecule has 126 valence electrons. The van der Waals surface area contributed by atoms with Crippen molar-refractivity contribution in [2.24, 2.45) is 11.3 Å². The number of rotatable bonds is 4. The molecule has 0 saturated carbocycles. The Balaban J connectivity index is 1.97. The molecule has 2 saturated heterocycles. The van der Waals surface area contributed by atoms with Crippen molar-refractivity contribution in [1.29, 1.82) is 0 Å². The summed E-state index contributed by atoms with van der Waals surface area (Å²) in [7, 11) is 5.32. The minimum absolute atomic E-state index is 0.154. The number of carbonyl (C=O) groups excluding carboxylic acids is 2. The number of carbonyl (C=O) groups is 2. The van der Waals surface area contributed by atoms with Crippen molar-refractivity contribution in [3.8, 4) is 0 Å². The lowest BCUT2D eigenvalue weighted by molar-refractivity contribution is -0.130. The van der Waals surface area contributed by atoms with Crippen molar-refractivity contribution in [2.45, 2.75) is 19.8 Å². The highest BCUT2D eigenvalue weighted by Crippen LogP contribution is 2.44. The van der Waals surface area contributed by atoms with Gasteiger partial charge in [-0.05, 0) is 31.3 Å². The van der Waals surface area contributed by atoms with Gasteiger partial charge in [0.1, 0.15) is 0 Å². The van der Waals surface area contributed by atoms with Gasteiger partial charge < -0.3 is 14.5 Å². The summed E-state index contributed by atoms with van der Waals surface area (Å²) >= 11 is 0. The van der Waals surface area contributed by atoms with Crippen LogP contribution in [0, 0.1) is 11.3 Å². The summed E-state index contributed by atoms with van der Waals surface area (Å²) < 4.78 is 5.39. The first-order chi connectivity index (χ1) is 10.4. The summed E-state index contributed by atoms with van der Waals surface area (Å²) in [6.45, 7) is 6.34. The lowest BCUT2D eigenvalue weighted by Crippen LogP contribution is -2.48. The number of ether oxygens (including phenoxy) is 1. The van der Waals surface area contributed by atoms with E-state index in [0.29, 0.717) is 19.1 Å². The molecule has 6 nitrogen and oxygen atoms in total. The second-order valence-corrected chi connectivity index (χ2v) is 6.98. The van der Waals surface area contributed by atoms with E-state index in [1.807, 2.05) is 4.90 Å². The third-order valence-electron chi connectivity index (χ3n) is 5.34. The Morgan fingerprint density at radius 1 is 1.27 bits per heavy atom. The second kappa shape index (κ2) is 6.96. The third-order valence-corrected chi connectivity index (χ3v) is 5.34. The fourth-order valence-corrected chi connectivity index (χ4v) is 3.76. The molecule has 0 aromatic heterocycles. The Hall–Kier alpha value is -1.14. The van der Waals surface area contributed by atoms with Crippen molar-refractivity contribution in [3.63, 3.8) is 0 Å². The molecule has 2 rings (SSSR count). The molecule has 2 aliphatic rings. The zero-order chi connectivity index (χ0) is 16.3. The number of amides is 2. The van der Waals surface area contributed by atoms with Crippen molar-refractivity contribution < 1.29 is 14.3 Å². The van der Waals surface area contributed by atoms with Gasteiger partial charge in [0, 0.05) is 47.1 Å². The highest BCUT2D eigenvalue weighted by molar-refractivity contribution is 5.77. The van der Waals surface area contributed by atoms with Crippen LogP contribution in [-0.4, -0.2) is 87.0 Å². The van der Waals surface area contributed by atoms with E-state index >= 15 is 0 Å². The van der Waals surface area contributed by atoms with E-state index in [1.54, 1.807) is 33.0 Å². The van der Waals surface area contributed by atoms with E-state index in [0.717, 1.165) is 39.0 Å². The molecule has 1 spiro atoms. The lowest BCUT2D eigenvalue weighted by Gasteiger charge is -2.42. The molecule has 6 heteroatoms. The quantitative estimate of drug-likeness (QED) is 0.748. The van der Waals surface area contributed by atoms with Crippen LogP contribution in [0.15, 0.2) is 0 Å². The van der Waals surface area contributed by atoms with Crippen LogP contribution in [0.5, 0.6) is 0 Å². The van der Waals surface area contributed by atoms with Gasteiger partial charge in [-0.25, -0.2) is 0 Å². The molecule has 0 radical (unpaired) electrons. The molecule has 2 aliphatic heterocycles. The molecule has 2 heterocycles. The minimum Gasteiger partial charge on any atom is -0.384 e. The molecule has 22 heavy (non-hydrogen) atoms. The monoisotopic (exact) mass is 311 g/mol. The topological polar surface area (TPSA) is 53.1 Å². The summed E-state index contributed by atoms with van der Waals surface area (Å²) in [5.74, 6) is 0.720. The van der Waals surface area contributed by atoms with E-state index in [9.17, 15) is 9.59 Å². The van der Waals surface area contributed by atoms with E-state index in [-0.39, 0.29) is 17.2 Å². The van der Waals surface area contributed by atoms with Crippen molar-refractivity contribution >= 4 is 11.8 Å². The van der Waals surface area contributed by atoms with Crippen LogP contribution in [0.4, 0.5) is 0 Å². The van der Waals surface area contributed by atoms with Crippen LogP contribution in [-0.2, 0) is 14.3 Å². The van der Waals surface area contributed by atoms with E-state index in [2.05, 4.69) is 4.90 Å². The highest BCUT2D eigenvalue weighted by Gasteiger charge is 2.48. The molecule has 0 aromatic carbocycles. The maximum absolute atomic E-state index is 11.8. The van der Waals surface area contributed by atoms with Gasteiger partial charge in [-0.15, -0.1) is 0 Å². The van der Waals surface area contributed by atoms with Crippen LogP contribution >= 0.6 is 0 Å². The normalized spacial score (nSPS) is 24.7. The van der Waals surface area contributed by atoms with Gasteiger partial charge in [0.15, 0.2) is 0 Å². The fraction of sp³-hybridized carbons (Fsp3) is 0.875. The molecule has 0 N–H and O–H groups in total. The zero-order valence-electron chi connectivity index (χ0n) is 14.3. The first-order valence-corrected chi connectivity index (χ1v) is 8.05. The van der Waals surface area contributed by atoms with Crippen LogP contribution in [0.25, 0.3) is 0 Å². The summed E-state index contributed by atoms with van der Waals surface area (Å²) in [6, 6.07) is 0. The Labute approximate surface area is 133 Å². The molecular weight excluding hydrogens is 282 g/mol. The molecule has 0 aromatic rings. The minimum atomic E-state index is 0.154. The Morgan fingerprint density at radius 3 is 2.41 bits per heavy atom. The second-order valence-electron chi connectivity index (χ2n) is 6.98. The first-order valence-electron chi connectivity index (χ1n) is 8.05. The predicted octanol–water partition coefficient (Wildman–Crippen LogP) is 0.282. The maximum Gasteiger partial charge on any atom is 0.236 e. The van der Waals surface area contributed by atoms with Crippen LogP contribution in [0.2, 0.25) is 0 Å². The van der Waals surface area contributed by atoms with Gasteiger partial charge in [-0.2, -0.15) is 0 Å². The first kappa shape index (κ1) is 17.2. The van der Waals surface area contributed by atoms with Gasteiger partial charge in [0.05, 0.1) is 13.2 Å². The van der Waals surface area contributed by atoms with E-state index in [4.69, 9.17) is 4.74 Å². The van der Waals surface area contributed by atoms with Crippen LogP contribution in [0.3, 0.4) is 0 Å². The Morgan fingerprint density at radius 2 is 1.91 bits per heavy atom. The number of methoxy groups -OCH3 is 1. The molecule has 2 fully saturated rings. The standard InChI is InChI=1S/C16H29N3O3/c1-13(20)19-9-14(11-22-4)16(12-19)5-7-18(8-6-16)10-15(21)17(2)3/h14H,5-12H2,1-4H3/t14-/m1/s1. The van der Waals surface area contributed by atoms with E-state index in [1.165, 1.54) is 0 Å². The average Bonchev–Trinajstić information content (AvgIpc) is 2.81. The summed E-state index contributed by atoms with van der Waals surface area (Å²) in [6.07, 6.45) is 2.07. The number of likely N-dealkylation sites (N-methyl/N-ethyl adjacent to an activating group) is 1. The van der Waals surface area contributed by atoms with Gasteiger partial charge >= 0.3 is 0 Å². The van der Waals surface area contributed by atoms with Gasteiger partial charge in [0.2, 0.25) is 11.8 Å². The number of likely N-dealkylation sites (tertiary alicyclic amines) is 2. The molecule has 0 aliphatic carbocycles. The fourth-order valence-electron chi connectivity index (χ4n) is 3.76. The number of piperidine rings is 1. The van der Waals surface area contributed by atoms with Crippen molar-refractivity contribution in [3.05, 3.63) is 0 Å². The average molecular weight is 311 g/mol. The molecule has 0 unspecified atom stereocenters. The van der Waals surface area contributed by atoms with Crippen LogP contribution < -0.4 is 0 Å². The number of nitrogens with zero attached hydrogens (tertiary/aromatic N) is 3. The number of hydrogen-bond acceptors (Lipinski definition) is 4. The highest BCUT2D eigenvalue weighted by atomic mass is 16.5. The van der Waals surface area contributed by atoms with Gasteiger partial charge in [-0.1, -0.05) is 0 Å². The Bertz CT molecular complexity index is 417. The van der Waals surface area contributed by atoms with E-state index < -0.39 is 0 Å². The predicted molar refractivity (Wildman–Crippen MR) is 84.4 cm³/mol. The lowest BCUT2D eigenvalue weighted by atomic mass is 9.71. The van der Waals surface area contributed by atoms with Gasteiger partial charge in [0.25, 0.3) is 0 Å². The van der Waals surface area contributed by atoms with Gasteiger partial charge in [-0.3, -0.25) is 14.5 Å². The SMILES string of the molecule is COC[C@H]1CN(C(C)=O)CC12CCN(CC(=O)N(C)C)CC2. The Kier molecular flexibility index (Phi) is 5.45. The summed E-state index contributed by atoms with van der Waals surface area (Å²) in [5, 5.41) is 0. The molecule has 0 bridgehead atoms. The summed E-state index contributed by atoms with van der Waals surface area (Å²) in [5.41, 5.74) is 0.166. The summed E-state index contributed by atoms with van der Waals surface area (Å²) in [4.78, 5) is 29.4. The van der Waals surface area contributed by atoms with Crippen molar-refractivity contribution in [2.75, 3.05) is 60.5 Å². The molecular formula is C16H29N3O3. The number of hydrogen-bond donors (Lipinski definition) is 0. The molecule has 2 amide bonds. The largest absolute Gasteiger partial charge is 0.384 e. The third kappa shape index (κ3) is 3.60. The van der Waals surface area contributed by atoms with Crippen molar-refractivity contribution in [1.82, 2.24) is 14.7 Å². The molecule has 1 atom stereocenters. The zero-order valence-corrected chi connectivity index (χ0v) is 14.3.